The molecule has 6 heterocycles. The van der Waals surface area contributed by atoms with Crippen molar-refractivity contribution in [2.45, 2.75) is 18.9 Å². The second-order valence-corrected chi connectivity index (χ2v) is 8.60. The van der Waals surface area contributed by atoms with Crippen LogP contribution in [0.2, 0.25) is 0 Å². The molecular formula is C24H24N8O. The van der Waals surface area contributed by atoms with Crippen molar-refractivity contribution in [1.82, 2.24) is 39.2 Å². The summed E-state index contributed by atoms with van der Waals surface area (Å²) in [6.45, 7) is 1.77. The molecule has 0 aromatic carbocycles. The van der Waals surface area contributed by atoms with E-state index in [-0.39, 0.29) is 11.7 Å². The molecule has 0 bridgehead atoms. The lowest BCUT2D eigenvalue weighted by atomic mass is 10.1. The number of hydrogen-bond acceptors (Lipinski definition) is 6. The van der Waals surface area contributed by atoms with Crippen LogP contribution in [0, 0.1) is 0 Å². The highest BCUT2D eigenvalue weighted by Gasteiger charge is 2.23. The summed E-state index contributed by atoms with van der Waals surface area (Å²) in [5.74, 6) is 0. The fourth-order valence-electron chi connectivity index (χ4n) is 4.71. The molecule has 0 aliphatic carbocycles. The van der Waals surface area contributed by atoms with Gasteiger partial charge in [-0.1, -0.05) is 0 Å². The topological polar surface area (TPSA) is 95.5 Å². The first-order valence-corrected chi connectivity index (χ1v) is 11.1. The van der Waals surface area contributed by atoms with Gasteiger partial charge < -0.3 is 5.32 Å². The van der Waals surface area contributed by atoms with Crippen molar-refractivity contribution in [2.75, 3.05) is 13.1 Å². The first-order chi connectivity index (χ1) is 16.1. The third kappa shape index (κ3) is 3.23. The van der Waals surface area contributed by atoms with Crippen molar-refractivity contribution in [3.8, 4) is 22.5 Å². The van der Waals surface area contributed by atoms with E-state index in [1.165, 1.54) is 0 Å². The highest BCUT2D eigenvalue weighted by atomic mass is 16.1. The smallest absolute Gasteiger partial charge is 0.315 e. The van der Waals surface area contributed by atoms with Crippen molar-refractivity contribution >= 4 is 22.1 Å². The van der Waals surface area contributed by atoms with Crippen LogP contribution in [0.15, 0.2) is 53.8 Å². The van der Waals surface area contributed by atoms with Crippen LogP contribution in [0.4, 0.5) is 0 Å². The van der Waals surface area contributed by atoms with Gasteiger partial charge in [0.25, 0.3) is 0 Å². The minimum atomic E-state index is -0.0253. The Labute approximate surface area is 189 Å². The number of aryl methyl sites for hydroxylation is 2. The molecule has 0 unspecified atom stereocenters. The largest absolute Gasteiger partial charge is 0.329 e. The van der Waals surface area contributed by atoms with Crippen LogP contribution in [0.5, 0.6) is 0 Å². The van der Waals surface area contributed by atoms with E-state index in [0.29, 0.717) is 0 Å². The van der Waals surface area contributed by atoms with Gasteiger partial charge >= 0.3 is 5.69 Å². The normalized spacial score (nSPS) is 16.6. The molecule has 1 atom stereocenters. The monoisotopic (exact) mass is 440 g/mol. The molecule has 5 aromatic rings. The van der Waals surface area contributed by atoms with E-state index in [4.69, 9.17) is 4.98 Å². The van der Waals surface area contributed by atoms with Crippen LogP contribution in [-0.2, 0) is 14.1 Å². The third-order valence-electron chi connectivity index (χ3n) is 6.46. The summed E-state index contributed by atoms with van der Waals surface area (Å²) in [5, 5.41) is 7.64. The van der Waals surface area contributed by atoms with E-state index in [1.807, 2.05) is 48.3 Å². The van der Waals surface area contributed by atoms with E-state index in [2.05, 4.69) is 20.4 Å². The van der Waals surface area contributed by atoms with Gasteiger partial charge in [0, 0.05) is 44.2 Å². The van der Waals surface area contributed by atoms with Crippen molar-refractivity contribution in [3.05, 3.63) is 59.5 Å². The van der Waals surface area contributed by atoms with Gasteiger partial charge in [0.1, 0.15) is 5.52 Å². The Morgan fingerprint density at radius 1 is 1.00 bits per heavy atom. The molecular weight excluding hydrogens is 416 g/mol. The average molecular weight is 441 g/mol. The van der Waals surface area contributed by atoms with E-state index in [0.717, 1.165) is 70.5 Å². The van der Waals surface area contributed by atoms with Gasteiger partial charge in [0.2, 0.25) is 0 Å². The third-order valence-corrected chi connectivity index (χ3v) is 6.46. The van der Waals surface area contributed by atoms with E-state index >= 15 is 0 Å². The summed E-state index contributed by atoms with van der Waals surface area (Å²) >= 11 is 0. The summed E-state index contributed by atoms with van der Waals surface area (Å²) in [7, 11) is 3.69. The number of imidazole rings is 1. The molecule has 166 valence electrons. The van der Waals surface area contributed by atoms with Crippen molar-refractivity contribution < 1.29 is 0 Å². The number of nitrogens with one attached hydrogen (secondary N) is 1. The fraction of sp³-hybridized carbons (Fsp3) is 0.292. The van der Waals surface area contributed by atoms with E-state index < -0.39 is 0 Å². The standard InChI is InChI=1S/C24H24N8O/c1-30-14-16(11-28-30)18-6-5-15(10-26-18)19-7-8-20-22(29-19)23-21(13-27-20)31(2)24(33)32(23)17-4-3-9-25-12-17/h5-8,10-11,13-14,17,25H,3-4,9,12H2,1-2H3/t17-/m0/s1. The molecule has 1 saturated heterocycles. The Bertz CT molecular complexity index is 1540. The van der Waals surface area contributed by atoms with Gasteiger partial charge in [-0.15, -0.1) is 0 Å². The number of rotatable bonds is 3. The van der Waals surface area contributed by atoms with Crippen LogP contribution in [0.1, 0.15) is 18.9 Å². The Hall–Kier alpha value is -3.85. The minimum absolute atomic E-state index is 0.0253. The molecule has 5 aromatic heterocycles. The molecule has 1 aliphatic rings. The van der Waals surface area contributed by atoms with Crippen molar-refractivity contribution in [3.63, 3.8) is 0 Å². The summed E-state index contributed by atoms with van der Waals surface area (Å²) < 4.78 is 5.34. The summed E-state index contributed by atoms with van der Waals surface area (Å²) in [4.78, 5) is 27.4. The zero-order valence-corrected chi connectivity index (χ0v) is 18.6. The maximum Gasteiger partial charge on any atom is 0.329 e. The van der Waals surface area contributed by atoms with Gasteiger partial charge in [0.15, 0.2) is 0 Å². The van der Waals surface area contributed by atoms with Crippen molar-refractivity contribution in [2.24, 2.45) is 14.1 Å². The highest BCUT2D eigenvalue weighted by molar-refractivity contribution is 6.00. The molecule has 9 nitrogen and oxygen atoms in total. The Morgan fingerprint density at radius 2 is 1.88 bits per heavy atom. The first-order valence-electron chi connectivity index (χ1n) is 11.1. The minimum Gasteiger partial charge on any atom is -0.315 e. The molecule has 0 amide bonds. The second kappa shape index (κ2) is 7.63. The lowest BCUT2D eigenvalue weighted by Gasteiger charge is -2.24. The van der Waals surface area contributed by atoms with E-state index in [9.17, 15) is 4.79 Å². The van der Waals surface area contributed by atoms with Gasteiger partial charge in [-0.2, -0.15) is 5.10 Å². The van der Waals surface area contributed by atoms with Crippen LogP contribution < -0.4 is 11.0 Å². The molecule has 1 fully saturated rings. The molecule has 0 spiro atoms. The van der Waals surface area contributed by atoms with E-state index in [1.54, 1.807) is 28.7 Å². The molecule has 0 saturated carbocycles. The van der Waals surface area contributed by atoms with Gasteiger partial charge in [-0.05, 0) is 43.7 Å². The number of pyridine rings is 3. The predicted molar refractivity (Wildman–Crippen MR) is 127 cm³/mol. The molecule has 1 aliphatic heterocycles. The maximum absolute atomic E-state index is 13.2. The van der Waals surface area contributed by atoms with Crippen LogP contribution in [0.3, 0.4) is 0 Å². The molecule has 6 rings (SSSR count). The number of fused-ring (bicyclic) bond motifs is 3. The summed E-state index contributed by atoms with van der Waals surface area (Å²) in [6, 6.07) is 8.01. The number of hydrogen-bond donors (Lipinski definition) is 1. The SMILES string of the molecule is Cn1cc(-c2ccc(-c3ccc4ncc5c(c4n3)n([C@H]3CCCNC3)c(=O)n5C)cn2)cn1. The lowest BCUT2D eigenvalue weighted by molar-refractivity contribution is 0.369. The van der Waals surface area contributed by atoms with Gasteiger partial charge in [0.05, 0.1) is 46.4 Å². The summed E-state index contributed by atoms with van der Waals surface area (Å²) in [6.07, 6.45) is 9.35. The first kappa shape index (κ1) is 19.8. The Kier molecular flexibility index (Phi) is 4.58. The predicted octanol–water partition coefficient (Wildman–Crippen LogP) is 2.67. The fourth-order valence-corrected chi connectivity index (χ4v) is 4.71. The summed E-state index contributed by atoms with van der Waals surface area (Å²) in [5.41, 5.74) is 6.67. The number of aromatic nitrogens is 7. The molecule has 1 N–H and O–H groups in total. The van der Waals surface area contributed by atoms with Crippen LogP contribution >= 0.6 is 0 Å². The van der Waals surface area contributed by atoms with Crippen molar-refractivity contribution in [1.29, 1.82) is 0 Å². The van der Waals surface area contributed by atoms with Gasteiger partial charge in [-0.3, -0.25) is 23.8 Å². The molecule has 9 heteroatoms. The molecule has 0 radical (unpaired) electrons. The zero-order valence-electron chi connectivity index (χ0n) is 18.6. The average Bonchev–Trinajstić information content (AvgIpc) is 3.40. The number of piperidine rings is 1. The quantitative estimate of drug-likeness (QED) is 0.463. The number of nitrogens with zero attached hydrogens (tertiary/aromatic N) is 7. The Balaban J connectivity index is 1.50. The Morgan fingerprint density at radius 3 is 2.61 bits per heavy atom. The highest BCUT2D eigenvalue weighted by Crippen LogP contribution is 2.29. The van der Waals surface area contributed by atoms with Gasteiger partial charge in [-0.25, -0.2) is 9.78 Å². The lowest BCUT2D eigenvalue weighted by Crippen LogP contribution is -2.36. The molecule has 33 heavy (non-hydrogen) atoms. The maximum atomic E-state index is 13.2. The second-order valence-electron chi connectivity index (χ2n) is 8.60. The van der Waals surface area contributed by atoms with Crippen LogP contribution in [-0.4, -0.2) is 47.0 Å². The zero-order chi connectivity index (χ0) is 22.5. The van der Waals surface area contributed by atoms with Crippen LogP contribution in [0.25, 0.3) is 44.6 Å².